The summed E-state index contributed by atoms with van der Waals surface area (Å²) in [7, 11) is -3.53. The molecule has 0 aliphatic heterocycles. The molecular weight excluding hydrogens is 328 g/mol. The van der Waals surface area contributed by atoms with E-state index in [-0.39, 0.29) is 17.0 Å². The molecule has 1 saturated carbocycles. The van der Waals surface area contributed by atoms with Gasteiger partial charge >= 0.3 is 0 Å². The first kappa shape index (κ1) is 16.9. The molecule has 2 unspecified atom stereocenters. The van der Waals surface area contributed by atoms with Crippen LogP contribution in [0.2, 0.25) is 0 Å². The third-order valence-electron chi connectivity index (χ3n) is 4.27. The molecule has 0 radical (unpaired) electrons. The smallest absolute Gasteiger partial charge is 0.240 e. The van der Waals surface area contributed by atoms with E-state index in [4.69, 9.17) is 4.74 Å². The Morgan fingerprint density at radius 3 is 2.58 bits per heavy atom. The van der Waals surface area contributed by atoms with Crippen molar-refractivity contribution in [2.45, 2.75) is 49.6 Å². The molecule has 8 heteroatoms. The number of aromatic nitrogens is 3. The fourth-order valence-electron chi connectivity index (χ4n) is 3.11. The van der Waals surface area contributed by atoms with Gasteiger partial charge in [-0.25, -0.2) is 13.1 Å². The molecule has 130 valence electrons. The standard InChI is InChI=1S/C16H22N4O3S/c1-2-23-15-6-8-16(9-7-15)24(21,22)19-13-4-3-5-14(10-13)20-11-17-18-12-20/h6-9,11-14,19H,2-5,10H2,1H3. The van der Waals surface area contributed by atoms with Crippen LogP contribution in [-0.4, -0.2) is 35.8 Å². The highest BCUT2D eigenvalue weighted by atomic mass is 32.2. The van der Waals surface area contributed by atoms with E-state index in [1.54, 1.807) is 36.9 Å². The molecule has 1 heterocycles. The molecular formula is C16H22N4O3S. The maximum Gasteiger partial charge on any atom is 0.240 e. The normalized spacial score (nSPS) is 21.5. The second kappa shape index (κ2) is 7.31. The van der Waals surface area contributed by atoms with Crippen LogP contribution in [-0.2, 0) is 10.0 Å². The molecule has 3 rings (SSSR count). The Kier molecular flexibility index (Phi) is 5.15. The predicted molar refractivity (Wildman–Crippen MR) is 89.2 cm³/mol. The monoisotopic (exact) mass is 350 g/mol. The van der Waals surface area contributed by atoms with Crippen LogP contribution >= 0.6 is 0 Å². The lowest BCUT2D eigenvalue weighted by Crippen LogP contribution is -2.38. The van der Waals surface area contributed by atoms with Gasteiger partial charge in [-0.1, -0.05) is 0 Å². The molecule has 1 aromatic heterocycles. The van der Waals surface area contributed by atoms with Crippen LogP contribution in [0, 0.1) is 0 Å². The number of hydrogen-bond donors (Lipinski definition) is 1. The maximum absolute atomic E-state index is 12.6. The van der Waals surface area contributed by atoms with Crippen molar-refractivity contribution in [1.29, 1.82) is 0 Å². The van der Waals surface area contributed by atoms with Gasteiger partial charge in [0.2, 0.25) is 10.0 Å². The molecule has 0 amide bonds. The van der Waals surface area contributed by atoms with Crippen LogP contribution in [0.5, 0.6) is 5.75 Å². The number of nitrogens with one attached hydrogen (secondary N) is 1. The van der Waals surface area contributed by atoms with Crippen molar-refractivity contribution in [3.63, 3.8) is 0 Å². The summed E-state index contributed by atoms with van der Waals surface area (Å²) >= 11 is 0. The second-order valence-corrected chi connectivity index (χ2v) is 7.67. The van der Waals surface area contributed by atoms with Crippen LogP contribution in [0.15, 0.2) is 41.8 Å². The van der Waals surface area contributed by atoms with Crippen molar-refractivity contribution in [3.05, 3.63) is 36.9 Å². The van der Waals surface area contributed by atoms with E-state index in [0.717, 1.165) is 25.7 Å². The van der Waals surface area contributed by atoms with Crippen molar-refractivity contribution in [1.82, 2.24) is 19.5 Å². The van der Waals surface area contributed by atoms with Gasteiger partial charge in [-0.3, -0.25) is 0 Å². The average molecular weight is 350 g/mol. The van der Waals surface area contributed by atoms with Crippen LogP contribution in [0.4, 0.5) is 0 Å². The van der Waals surface area contributed by atoms with E-state index in [9.17, 15) is 8.42 Å². The lowest BCUT2D eigenvalue weighted by Gasteiger charge is -2.30. The van der Waals surface area contributed by atoms with Gasteiger partial charge in [-0.05, 0) is 56.9 Å². The highest BCUT2D eigenvalue weighted by molar-refractivity contribution is 7.89. The third-order valence-corrected chi connectivity index (χ3v) is 5.81. The van der Waals surface area contributed by atoms with Gasteiger partial charge in [0.25, 0.3) is 0 Å². The molecule has 0 bridgehead atoms. The van der Waals surface area contributed by atoms with E-state index in [0.29, 0.717) is 12.4 Å². The quantitative estimate of drug-likeness (QED) is 0.862. The number of benzene rings is 1. The van der Waals surface area contributed by atoms with Crippen LogP contribution in [0.1, 0.15) is 38.6 Å². The van der Waals surface area contributed by atoms with E-state index in [1.807, 2.05) is 11.5 Å². The number of rotatable bonds is 6. The molecule has 0 spiro atoms. The summed E-state index contributed by atoms with van der Waals surface area (Å²) in [5.74, 6) is 0.668. The fourth-order valence-corrected chi connectivity index (χ4v) is 4.39. The van der Waals surface area contributed by atoms with Crippen molar-refractivity contribution in [3.8, 4) is 5.75 Å². The van der Waals surface area contributed by atoms with Gasteiger partial charge in [0.1, 0.15) is 18.4 Å². The summed E-state index contributed by atoms with van der Waals surface area (Å²) in [4.78, 5) is 0.261. The topological polar surface area (TPSA) is 86.1 Å². The number of nitrogens with zero attached hydrogens (tertiary/aromatic N) is 3. The fraction of sp³-hybridized carbons (Fsp3) is 0.500. The Hall–Kier alpha value is -1.93. The summed E-state index contributed by atoms with van der Waals surface area (Å²) in [6.45, 7) is 2.44. The van der Waals surface area contributed by atoms with Crippen LogP contribution in [0.25, 0.3) is 0 Å². The van der Waals surface area contributed by atoms with Crippen molar-refractivity contribution in [2.75, 3.05) is 6.61 Å². The molecule has 1 aromatic carbocycles. The maximum atomic E-state index is 12.6. The van der Waals surface area contributed by atoms with Gasteiger partial charge < -0.3 is 9.30 Å². The molecule has 1 N–H and O–H groups in total. The number of sulfonamides is 1. The Bertz CT molecular complexity index is 744. The highest BCUT2D eigenvalue weighted by Gasteiger charge is 2.27. The summed E-state index contributed by atoms with van der Waals surface area (Å²) in [5.41, 5.74) is 0. The first-order valence-corrected chi connectivity index (χ1v) is 9.66. The summed E-state index contributed by atoms with van der Waals surface area (Å²) < 4.78 is 35.3. The highest BCUT2D eigenvalue weighted by Crippen LogP contribution is 2.29. The first-order chi connectivity index (χ1) is 11.6. The summed E-state index contributed by atoms with van der Waals surface area (Å²) in [6, 6.07) is 6.67. The van der Waals surface area contributed by atoms with Crippen LogP contribution < -0.4 is 9.46 Å². The zero-order chi connectivity index (χ0) is 17.0. The lowest BCUT2D eigenvalue weighted by atomic mass is 9.91. The van der Waals surface area contributed by atoms with E-state index < -0.39 is 10.0 Å². The Morgan fingerprint density at radius 1 is 1.21 bits per heavy atom. The Balaban J connectivity index is 1.67. The lowest BCUT2D eigenvalue weighted by molar-refractivity contribution is 0.305. The zero-order valence-corrected chi connectivity index (χ0v) is 14.4. The molecule has 7 nitrogen and oxygen atoms in total. The van der Waals surface area contributed by atoms with E-state index in [1.165, 1.54) is 0 Å². The molecule has 1 aliphatic carbocycles. The molecule has 24 heavy (non-hydrogen) atoms. The van der Waals surface area contributed by atoms with Crippen molar-refractivity contribution in [2.24, 2.45) is 0 Å². The number of hydrogen-bond acceptors (Lipinski definition) is 5. The third kappa shape index (κ3) is 3.93. The SMILES string of the molecule is CCOc1ccc(S(=O)(=O)NC2CCCC(n3cnnc3)C2)cc1. The second-order valence-electron chi connectivity index (χ2n) is 5.95. The first-order valence-electron chi connectivity index (χ1n) is 8.18. The van der Waals surface area contributed by atoms with Gasteiger partial charge in [-0.2, -0.15) is 0 Å². The molecule has 2 aromatic rings. The molecule has 1 aliphatic rings. The minimum Gasteiger partial charge on any atom is -0.494 e. The average Bonchev–Trinajstić information content (AvgIpc) is 3.10. The Labute approximate surface area is 142 Å². The van der Waals surface area contributed by atoms with E-state index in [2.05, 4.69) is 14.9 Å². The molecule has 2 atom stereocenters. The van der Waals surface area contributed by atoms with Crippen molar-refractivity contribution >= 4 is 10.0 Å². The van der Waals surface area contributed by atoms with Gasteiger partial charge in [0.15, 0.2) is 0 Å². The zero-order valence-electron chi connectivity index (χ0n) is 13.6. The minimum absolute atomic E-state index is 0.0808. The van der Waals surface area contributed by atoms with E-state index >= 15 is 0 Å². The minimum atomic E-state index is -3.53. The van der Waals surface area contributed by atoms with Gasteiger partial charge in [0, 0.05) is 12.1 Å². The number of ether oxygens (including phenoxy) is 1. The summed E-state index contributed by atoms with van der Waals surface area (Å²) in [5, 5.41) is 7.66. The van der Waals surface area contributed by atoms with Gasteiger partial charge in [-0.15, -0.1) is 10.2 Å². The largest absolute Gasteiger partial charge is 0.494 e. The Morgan fingerprint density at radius 2 is 1.92 bits per heavy atom. The van der Waals surface area contributed by atoms with Crippen molar-refractivity contribution < 1.29 is 13.2 Å². The van der Waals surface area contributed by atoms with Crippen LogP contribution in [0.3, 0.4) is 0 Å². The predicted octanol–water partition coefficient (Wildman–Crippen LogP) is 2.14. The molecule has 1 fully saturated rings. The summed E-state index contributed by atoms with van der Waals surface area (Å²) in [6.07, 6.45) is 6.95. The molecule has 0 saturated heterocycles. The van der Waals surface area contributed by atoms with Gasteiger partial charge in [0.05, 0.1) is 11.5 Å².